The molecular weight excluding hydrogens is 493 g/mol. The monoisotopic (exact) mass is 515 g/mol. The number of hydrogen-bond acceptors (Lipinski definition) is 5. The molecule has 0 aromatic heterocycles. The molecule has 9 heteroatoms. The lowest BCUT2D eigenvalue weighted by molar-refractivity contribution is -0.114. The number of hydrogen-bond donors (Lipinski definition) is 1. The van der Waals surface area contributed by atoms with Gasteiger partial charge in [0.2, 0.25) is 15.9 Å². The van der Waals surface area contributed by atoms with E-state index in [1.165, 1.54) is 55.5 Å². The molecule has 0 bridgehead atoms. The zero-order chi connectivity index (χ0) is 26.6. The minimum Gasteiger partial charge on any atom is -0.326 e. The quantitative estimate of drug-likeness (QED) is 0.507. The zero-order valence-corrected chi connectivity index (χ0v) is 20.6. The summed E-state index contributed by atoms with van der Waals surface area (Å²) < 4.78 is 42.6. The van der Waals surface area contributed by atoms with Gasteiger partial charge in [0.1, 0.15) is 5.82 Å². The van der Waals surface area contributed by atoms with Crippen molar-refractivity contribution in [3.05, 3.63) is 106 Å². The summed E-state index contributed by atoms with van der Waals surface area (Å²) in [4.78, 5) is 24.6. The van der Waals surface area contributed by atoms with E-state index in [-0.39, 0.29) is 46.4 Å². The van der Waals surface area contributed by atoms with Crippen molar-refractivity contribution in [3.63, 3.8) is 0 Å². The van der Waals surface area contributed by atoms with E-state index >= 15 is 0 Å². The topological polar surface area (TPSA) is 107 Å². The van der Waals surface area contributed by atoms with Gasteiger partial charge in [-0.15, -0.1) is 0 Å². The van der Waals surface area contributed by atoms with Crippen LogP contribution < -0.4 is 5.32 Å². The number of nitrogens with zero attached hydrogens (tertiary/aromatic N) is 2. The number of carbonyl (C=O) groups is 2. The van der Waals surface area contributed by atoms with E-state index in [9.17, 15) is 22.4 Å². The number of amides is 1. The number of benzene rings is 3. The minimum atomic E-state index is -4.05. The molecule has 0 saturated carbocycles. The highest BCUT2D eigenvalue weighted by Gasteiger charge is 2.34. The number of ketones is 1. The number of nitriles is 1. The SMILES string of the molecule is CC(=O)Nc1ccc(S(=O)(=O)N2C/C(=C\c3ccc(C#N)cc3)C(=O)/C(=C/c3ccccc3F)C2)cc1. The third kappa shape index (κ3) is 5.89. The fourth-order valence-corrected chi connectivity index (χ4v) is 5.27. The van der Waals surface area contributed by atoms with Gasteiger partial charge in [-0.1, -0.05) is 30.3 Å². The molecule has 4 rings (SSSR count). The Kier molecular flexibility index (Phi) is 7.43. The number of rotatable bonds is 5. The van der Waals surface area contributed by atoms with Gasteiger partial charge in [-0.2, -0.15) is 9.57 Å². The van der Waals surface area contributed by atoms with E-state index in [2.05, 4.69) is 5.32 Å². The molecule has 1 saturated heterocycles. The summed E-state index contributed by atoms with van der Waals surface area (Å²) in [5.74, 6) is -1.21. The Morgan fingerprint density at radius 3 is 2.19 bits per heavy atom. The maximum Gasteiger partial charge on any atom is 0.243 e. The van der Waals surface area contributed by atoms with Crippen molar-refractivity contribution in [1.82, 2.24) is 4.31 Å². The van der Waals surface area contributed by atoms with Crippen LogP contribution in [0.3, 0.4) is 0 Å². The summed E-state index contributed by atoms with van der Waals surface area (Å²) >= 11 is 0. The minimum absolute atomic E-state index is 0.0149. The summed E-state index contributed by atoms with van der Waals surface area (Å²) in [5, 5.41) is 11.6. The van der Waals surface area contributed by atoms with Crippen LogP contribution in [0.5, 0.6) is 0 Å². The third-order valence-electron chi connectivity index (χ3n) is 5.70. The molecule has 1 fully saturated rings. The highest BCUT2D eigenvalue weighted by Crippen LogP contribution is 2.28. The van der Waals surface area contributed by atoms with Crippen LogP contribution in [0.25, 0.3) is 12.2 Å². The van der Waals surface area contributed by atoms with Gasteiger partial charge >= 0.3 is 0 Å². The van der Waals surface area contributed by atoms with E-state index in [4.69, 9.17) is 5.26 Å². The number of sulfonamides is 1. The van der Waals surface area contributed by atoms with Crippen molar-refractivity contribution >= 4 is 39.6 Å². The molecule has 0 aliphatic carbocycles. The summed E-state index contributed by atoms with van der Waals surface area (Å²) in [5.41, 5.74) is 2.01. The lowest BCUT2D eigenvalue weighted by atomic mass is 9.95. The fraction of sp³-hybridized carbons (Fsp3) is 0.107. The molecule has 1 amide bonds. The number of anilines is 1. The van der Waals surface area contributed by atoms with Crippen LogP contribution in [0.2, 0.25) is 0 Å². The van der Waals surface area contributed by atoms with Crippen molar-refractivity contribution in [2.24, 2.45) is 0 Å². The highest BCUT2D eigenvalue weighted by molar-refractivity contribution is 7.89. The Labute approximate surface area is 214 Å². The molecule has 0 atom stereocenters. The Balaban J connectivity index is 1.75. The predicted molar refractivity (Wildman–Crippen MR) is 138 cm³/mol. The number of Topliss-reactive ketones (excluding diaryl/α,β-unsaturated/α-hetero) is 1. The Bertz CT molecular complexity index is 1570. The Morgan fingerprint density at radius 2 is 1.59 bits per heavy atom. The van der Waals surface area contributed by atoms with E-state index < -0.39 is 15.8 Å². The first kappa shape index (κ1) is 25.7. The lowest BCUT2D eigenvalue weighted by Gasteiger charge is -2.29. The molecule has 0 radical (unpaired) electrons. The van der Waals surface area contributed by atoms with Crippen LogP contribution in [-0.2, 0) is 19.6 Å². The molecule has 3 aromatic carbocycles. The normalized spacial score (nSPS) is 16.5. The lowest BCUT2D eigenvalue weighted by Crippen LogP contribution is -2.41. The number of halogens is 1. The molecule has 0 unspecified atom stereocenters. The van der Waals surface area contributed by atoms with Gasteiger partial charge in [-0.05, 0) is 60.2 Å². The molecule has 1 aliphatic rings. The molecule has 186 valence electrons. The zero-order valence-electron chi connectivity index (χ0n) is 19.8. The standard InChI is InChI=1S/C28H22FN3O4S/c1-19(33)31-25-10-12-26(13-11-25)37(35,36)32-17-23(14-20-6-8-21(16-30)9-7-20)28(34)24(18-32)15-22-4-2-3-5-27(22)29/h2-15H,17-18H2,1H3,(H,31,33)/b23-14+,24-15+. The largest absolute Gasteiger partial charge is 0.326 e. The first-order valence-corrected chi connectivity index (χ1v) is 12.7. The molecule has 1 N–H and O–H groups in total. The Morgan fingerprint density at radius 1 is 0.973 bits per heavy atom. The summed E-state index contributed by atoms with van der Waals surface area (Å²) in [6.07, 6.45) is 2.94. The number of piperidine rings is 1. The van der Waals surface area contributed by atoms with Crippen molar-refractivity contribution < 1.29 is 22.4 Å². The Hall–Kier alpha value is -4.39. The van der Waals surface area contributed by atoms with E-state index in [0.717, 1.165) is 4.31 Å². The maximum atomic E-state index is 14.4. The van der Waals surface area contributed by atoms with Gasteiger partial charge < -0.3 is 5.32 Å². The van der Waals surface area contributed by atoms with Crippen LogP contribution >= 0.6 is 0 Å². The van der Waals surface area contributed by atoms with Gasteiger partial charge in [-0.25, -0.2) is 12.8 Å². The second kappa shape index (κ2) is 10.7. The fourth-order valence-electron chi connectivity index (χ4n) is 3.88. The van der Waals surface area contributed by atoms with Crippen LogP contribution in [0.15, 0.2) is 88.8 Å². The predicted octanol–water partition coefficient (Wildman–Crippen LogP) is 4.40. The van der Waals surface area contributed by atoms with Crippen molar-refractivity contribution in [3.8, 4) is 6.07 Å². The molecular formula is C28H22FN3O4S. The molecule has 7 nitrogen and oxygen atoms in total. The summed E-state index contributed by atoms with van der Waals surface area (Å²) in [7, 11) is -4.05. The summed E-state index contributed by atoms with van der Waals surface area (Å²) in [6, 6.07) is 20.2. The highest BCUT2D eigenvalue weighted by atomic mass is 32.2. The molecule has 1 heterocycles. The van der Waals surface area contributed by atoms with Gasteiger partial charge in [-0.3, -0.25) is 9.59 Å². The first-order valence-electron chi connectivity index (χ1n) is 11.3. The maximum absolute atomic E-state index is 14.4. The average Bonchev–Trinajstić information content (AvgIpc) is 2.88. The van der Waals surface area contributed by atoms with Crippen molar-refractivity contribution in [2.45, 2.75) is 11.8 Å². The van der Waals surface area contributed by atoms with Gasteiger partial charge in [0.05, 0.1) is 16.5 Å². The van der Waals surface area contributed by atoms with E-state index in [0.29, 0.717) is 16.8 Å². The van der Waals surface area contributed by atoms with Crippen LogP contribution in [0.1, 0.15) is 23.6 Å². The number of nitrogens with one attached hydrogen (secondary N) is 1. The summed E-state index contributed by atoms with van der Waals surface area (Å²) in [6.45, 7) is 0.914. The number of carbonyl (C=O) groups excluding carboxylic acids is 2. The molecule has 3 aromatic rings. The molecule has 37 heavy (non-hydrogen) atoms. The smallest absolute Gasteiger partial charge is 0.243 e. The van der Waals surface area contributed by atoms with Crippen molar-refractivity contribution in [2.75, 3.05) is 18.4 Å². The third-order valence-corrected chi connectivity index (χ3v) is 7.51. The first-order chi connectivity index (χ1) is 17.7. The van der Waals surface area contributed by atoms with Gasteiger partial charge in [0.25, 0.3) is 0 Å². The molecule has 0 spiro atoms. The van der Waals surface area contributed by atoms with E-state index in [1.807, 2.05) is 6.07 Å². The van der Waals surface area contributed by atoms with Crippen LogP contribution in [0, 0.1) is 17.1 Å². The second-order valence-electron chi connectivity index (χ2n) is 8.40. The van der Waals surface area contributed by atoms with E-state index in [1.54, 1.807) is 36.4 Å². The second-order valence-corrected chi connectivity index (χ2v) is 10.3. The van der Waals surface area contributed by atoms with Gasteiger partial charge in [0, 0.05) is 42.4 Å². The van der Waals surface area contributed by atoms with Crippen LogP contribution in [-0.4, -0.2) is 37.5 Å². The van der Waals surface area contributed by atoms with Gasteiger partial charge in [0.15, 0.2) is 5.78 Å². The van der Waals surface area contributed by atoms with Crippen molar-refractivity contribution in [1.29, 1.82) is 5.26 Å². The molecule has 1 aliphatic heterocycles. The van der Waals surface area contributed by atoms with Crippen LogP contribution in [0.4, 0.5) is 10.1 Å². The average molecular weight is 516 g/mol.